The largest absolute Gasteiger partial charge is 0.478 e. The van der Waals surface area contributed by atoms with Gasteiger partial charge in [0.05, 0.1) is 11.2 Å². The van der Waals surface area contributed by atoms with Crippen LogP contribution in [0.1, 0.15) is 22.8 Å². The molecule has 0 heterocycles. The van der Waals surface area contributed by atoms with E-state index < -0.39 is 11.6 Å². The van der Waals surface area contributed by atoms with E-state index >= 15 is 0 Å². The van der Waals surface area contributed by atoms with E-state index in [1.165, 1.54) is 0 Å². The third-order valence-electron chi connectivity index (χ3n) is 2.69. The highest BCUT2D eigenvalue weighted by atomic mass is 16.4. The number of hydrogen-bond acceptors (Lipinski definition) is 4. The lowest BCUT2D eigenvalue weighted by Gasteiger charge is -2.27. The molecule has 0 amide bonds. The molecule has 1 rings (SSSR count). The Bertz CT molecular complexity index is 413. The molecule has 0 aromatic heterocycles. The molecule has 0 fully saturated rings. The first-order valence-corrected chi connectivity index (χ1v) is 6.20. The van der Waals surface area contributed by atoms with Crippen molar-refractivity contribution in [1.82, 2.24) is 10.2 Å². The molecule has 1 aromatic rings. The second kappa shape index (κ2) is 6.65. The van der Waals surface area contributed by atoms with Crippen LogP contribution < -0.4 is 5.32 Å². The number of nitrogens with one attached hydrogen (secondary N) is 1. The Morgan fingerprint density at radius 2 is 1.89 bits per heavy atom. The number of benzene rings is 1. The molecule has 0 aliphatic heterocycles. The van der Waals surface area contributed by atoms with Gasteiger partial charge in [-0.15, -0.1) is 0 Å². The van der Waals surface area contributed by atoms with Crippen LogP contribution in [0.2, 0.25) is 0 Å². The smallest absolute Gasteiger partial charge is 0.335 e. The van der Waals surface area contributed by atoms with Crippen LogP contribution in [-0.4, -0.2) is 53.9 Å². The maximum Gasteiger partial charge on any atom is 0.335 e. The average molecular weight is 266 g/mol. The minimum Gasteiger partial charge on any atom is -0.478 e. The standard InChI is InChI=1S/C14H22N2O3/c1-14(19,10-16(2)3)9-15-8-11-4-6-12(7-5-11)13(17)18/h4-7,15,19H,8-10H2,1-3H3,(H,17,18). The maximum atomic E-state index is 10.7. The summed E-state index contributed by atoms with van der Waals surface area (Å²) in [5, 5.41) is 22.1. The van der Waals surface area contributed by atoms with Crippen molar-refractivity contribution in [3.05, 3.63) is 35.4 Å². The summed E-state index contributed by atoms with van der Waals surface area (Å²) in [7, 11) is 3.83. The van der Waals surface area contributed by atoms with E-state index in [0.29, 0.717) is 19.6 Å². The van der Waals surface area contributed by atoms with Crippen molar-refractivity contribution in [3.8, 4) is 0 Å². The van der Waals surface area contributed by atoms with Crippen LogP contribution in [0.15, 0.2) is 24.3 Å². The molecule has 0 aliphatic carbocycles. The summed E-state index contributed by atoms with van der Waals surface area (Å²) in [6.07, 6.45) is 0. The number of carboxylic acids is 1. The van der Waals surface area contributed by atoms with Gasteiger partial charge in [0.2, 0.25) is 0 Å². The Kier molecular flexibility index (Phi) is 5.47. The number of aromatic carboxylic acids is 1. The van der Waals surface area contributed by atoms with E-state index in [1.807, 2.05) is 19.0 Å². The zero-order chi connectivity index (χ0) is 14.5. The van der Waals surface area contributed by atoms with Gasteiger partial charge < -0.3 is 20.4 Å². The Morgan fingerprint density at radius 1 is 1.32 bits per heavy atom. The number of likely N-dealkylation sites (N-methyl/N-ethyl adjacent to an activating group) is 1. The van der Waals surface area contributed by atoms with Crippen molar-refractivity contribution in [1.29, 1.82) is 0 Å². The molecular formula is C14H22N2O3. The third-order valence-corrected chi connectivity index (χ3v) is 2.69. The maximum absolute atomic E-state index is 10.7. The molecule has 0 saturated carbocycles. The molecule has 1 aromatic carbocycles. The molecule has 106 valence electrons. The Balaban J connectivity index is 2.42. The van der Waals surface area contributed by atoms with Crippen molar-refractivity contribution in [2.24, 2.45) is 0 Å². The minimum atomic E-state index is -0.923. The fourth-order valence-corrected chi connectivity index (χ4v) is 1.98. The van der Waals surface area contributed by atoms with Crippen molar-refractivity contribution in [2.45, 2.75) is 19.1 Å². The molecule has 5 nitrogen and oxygen atoms in total. The molecular weight excluding hydrogens is 244 g/mol. The molecule has 0 spiro atoms. The van der Waals surface area contributed by atoms with Gasteiger partial charge in [0.15, 0.2) is 0 Å². The first-order chi connectivity index (χ1) is 8.80. The number of hydrogen-bond donors (Lipinski definition) is 3. The molecule has 0 aliphatic rings. The quantitative estimate of drug-likeness (QED) is 0.680. The summed E-state index contributed by atoms with van der Waals surface area (Å²) in [6.45, 7) is 3.45. The zero-order valence-electron chi connectivity index (χ0n) is 11.7. The molecule has 0 bridgehead atoms. The molecule has 1 atom stereocenters. The Hall–Kier alpha value is -1.43. The Morgan fingerprint density at radius 3 is 2.37 bits per heavy atom. The predicted molar refractivity (Wildman–Crippen MR) is 74.3 cm³/mol. The van der Waals surface area contributed by atoms with Crippen LogP contribution in [0.25, 0.3) is 0 Å². The molecule has 5 heteroatoms. The molecule has 0 saturated heterocycles. The first kappa shape index (κ1) is 15.6. The number of carboxylic acid groups (broad SMARTS) is 1. The fourth-order valence-electron chi connectivity index (χ4n) is 1.98. The van der Waals surface area contributed by atoms with Gasteiger partial charge >= 0.3 is 5.97 Å². The highest BCUT2D eigenvalue weighted by Crippen LogP contribution is 2.06. The van der Waals surface area contributed by atoms with E-state index in [0.717, 1.165) is 5.56 Å². The van der Waals surface area contributed by atoms with E-state index in [1.54, 1.807) is 31.2 Å². The zero-order valence-corrected chi connectivity index (χ0v) is 11.7. The highest BCUT2D eigenvalue weighted by molar-refractivity contribution is 5.87. The number of nitrogens with zero attached hydrogens (tertiary/aromatic N) is 1. The van der Waals surface area contributed by atoms with Crippen molar-refractivity contribution in [3.63, 3.8) is 0 Å². The molecule has 19 heavy (non-hydrogen) atoms. The Labute approximate surface area is 113 Å². The summed E-state index contributed by atoms with van der Waals surface area (Å²) in [4.78, 5) is 12.6. The van der Waals surface area contributed by atoms with E-state index in [9.17, 15) is 9.90 Å². The second-order valence-corrected chi connectivity index (χ2v) is 5.34. The lowest BCUT2D eigenvalue weighted by Crippen LogP contribution is -2.45. The van der Waals surface area contributed by atoms with E-state index in [2.05, 4.69) is 5.32 Å². The topological polar surface area (TPSA) is 72.8 Å². The van der Waals surface area contributed by atoms with E-state index in [-0.39, 0.29) is 5.56 Å². The van der Waals surface area contributed by atoms with Crippen LogP contribution >= 0.6 is 0 Å². The fraction of sp³-hybridized carbons (Fsp3) is 0.500. The van der Waals surface area contributed by atoms with Crippen LogP contribution in [0.5, 0.6) is 0 Å². The number of rotatable bonds is 7. The highest BCUT2D eigenvalue weighted by Gasteiger charge is 2.20. The summed E-state index contributed by atoms with van der Waals surface area (Å²) >= 11 is 0. The van der Waals surface area contributed by atoms with Crippen LogP contribution in [0.3, 0.4) is 0 Å². The summed E-state index contributed by atoms with van der Waals surface area (Å²) in [5.74, 6) is -0.923. The van der Waals surface area contributed by atoms with Crippen molar-refractivity contribution in [2.75, 3.05) is 27.2 Å². The van der Waals surface area contributed by atoms with Crippen LogP contribution in [0.4, 0.5) is 0 Å². The summed E-state index contributed by atoms with van der Waals surface area (Å²) in [6, 6.07) is 6.71. The second-order valence-electron chi connectivity index (χ2n) is 5.34. The van der Waals surface area contributed by atoms with Crippen LogP contribution in [0, 0.1) is 0 Å². The van der Waals surface area contributed by atoms with Gasteiger partial charge in [-0.1, -0.05) is 12.1 Å². The van der Waals surface area contributed by atoms with E-state index in [4.69, 9.17) is 5.11 Å². The predicted octanol–water partition coefficient (Wildman–Crippen LogP) is 0.787. The minimum absolute atomic E-state index is 0.281. The van der Waals surface area contributed by atoms with Crippen molar-refractivity contribution >= 4 is 5.97 Å². The molecule has 0 radical (unpaired) electrons. The normalized spacial score (nSPS) is 14.4. The van der Waals surface area contributed by atoms with Crippen LogP contribution in [-0.2, 0) is 6.54 Å². The van der Waals surface area contributed by atoms with Gasteiger partial charge in [0.25, 0.3) is 0 Å². The first-order valence-electron chi connectivity index (χ1n) is 6.20. The van der Waals surface area contributed by atoms with Gasteiger partial charge in [-0.05, 0) is 38.7 Å². The monoisotopic (exact) mass is 266 g/mol. The van der Waals surface area contributed by atoms with Crippen molar-refractivity contribution < 1.29 is 15.0 Å². The number of aliphatic hydroxyl groups is 1. The summed E-state index contributed by atoms with van der Waals surface area (Å²) < 4.78 is 0. The van der Waals surface area contributed by atoms with Gasteiger partial charge in [-0.2, -0.15) is 0 Å². The van der Waals surface area contributed by atoms with Gasteiger partial charge in [0.1, 0.15) is 0 Å². The third kappa shape index (κ3) is 5.83. The van der Waals surface area contributed by atoms with Gasteiger partial charge in [-0.3, -0.25) is 0 Å². The SMILES string of the molecule is CN(C)CC(C)(O)CNCc1ccc(C(=O)O)cc1. The molecule has 1 unspecified atom stereocenters. The number of carbonyl (C=O) groups is 1. The van der Waals surface area contributed by atoms with Gasteiger partial charge in [0, 0.05) is 19.6 Å². The van der Waals surface area contributed by atoms with Gasteiger partial charge in [-0.25, -0.2) is 4.79 Å². The lowest BCUT2D eigenvalue weighted by atomic mass is 10.1. The average Bonchev–Trinajstić information content (AvgIpc) is 2.27. The summed E-state index contributed by atoms with van der Waals surface area (Å²) in [5.41, 5.74) is 0.485. The molecule has 3 N–H and O–H groups in total. The lowest BCUT2D eigenvalue weighted by molar-refractivity contribution is 0.0336.